The third-order valence-corrected chi connectivity index (χ3v) is 5.62. The monoisotopic (exact) mass is 460 g/mol. The summed E-state index contributed by atoms with van der Waals surface area (Å²) in [5, 5.41) is 9.67. The number of hydrogen-bond donors (Lipinski definition) is 2. The van der Waals surface area contributed by atoms with E-state index in [0.717, 1.165) is 16.4 Å². The van der Waals surface area contributed by atoms with E-state index in [1.807, 2.05) is 19.1 Å². The van der Waals surface area contributed by atoms with Crippen molar-refractivity contribution in [3.05, 3.63) is 65.4 Å². The maximum Gasteiger partial charge on any atom is 0.410 e. The second kappa shape index (κ2) is 8.68. The highest BCUT2D eigenvalue weighted by Crippen LogP contribution is 2.44. The second-order valence-corrected chi connectivity index (χ2v) is 7.77. The van der Waals surface area contributed by atoms with E-state index in [4.69, 9.17) is 9.47 Å². The number of alkyl halides is 3. The van der Waals surface area contributed by atoms with Crippen LogP contribution in [0.2, 0.25) is 0 Å². The lowest BCUT2D eigenvalue weighted by Crippen LogP contribution is -2.36. The molecule has 2 heterocycles. The predicted octanol–water partition coefficient (Wildman–Crippen LogP) is 5.12. The number of halogens is 3. The van der Waals surface area contributed by atoms with Crippen LogP contribution in [-0.2, 0) is 0 Å². The second-order valence-electron chi connectivity index (χ2n) is 7.77. The van der Waals surface area contributed by atoms with Crippen molar-refractivity contribution in [3.63, 3.8) is 0 Å². The van der Waals surface area contributed by atoms with E-state index in [-0.39, 0.29) is 17.8 Å². The van der Waals surface area contributed by atoms with E-state index in [1.54, 1.807) is 30.3 Å². The summed E-state index contributed by atoms with van der Waals surface area (Å²) >= 11 is 0. The minimum absolute atomic E-state index is 0.00788. The molecule has 0 fully saturated rings. The number of carbonyl (C=O) groups is 1. The number of rotatable bonds is 5. The zero-order valence-electron chi connectivity index (χ0n) is 18.2. The number of anilines is 2. The van der Waals surface area contributed by atoms with Gasteiger partial charge in [-0.3, -0.25) is 4.79 Å². The first kappa shape index (κ1) is 22.5. The van der Waals surface area contributed by atoms with Crippen molar-refractivity contribution in [1.82, 2.24) is 9.78 Å². The van der Waals surface area contributed by atoms with E-state index in [0.29, 0.717) is 22.7 Å². The molecule has 1 aliphatic heterocycles. The molecule has 2 N–H and O–H groups in total. The van der Waals surface area contributed by atoms with Crippen molar-refractivity contribution in [3.8, 4) is 11.5 Å². The quantitative estimate of drug-likeness (QED) is 0.553. The molecular weight excluding hydrogens is 437 g/mol. The Labute approximate surface area is 188 Å². The van der Waals surface area contributed by atoms with Crippen molar-refractivity contribution in [2.75, 3.05) is 24.9 Å². The number of fused-ring (bicyclic) bond motifs is 1. The Bertz CT molecular complexity index is 1160. The van der Waals surface area contributed by atoms with E-state index < -0.39 is 24.2 Å². The molecule has 7 nitrogen and oxygen atoms in total. The lowest BCUT2D eigenvalue weighted by Gasteiger charge is -2.34. The molecule has 3 aromatic rings. The Morgan fingerprint density at radius 1 is 1.15 bits per heavy atom. The summed E-state index contributed by atoms with van der Waals surface area (Å²) in [6.45, 7) is 1.90. The van der Waals surface area contributed by atoms with Crippen LogP contribution in [-0.4, -0.2) is 36.1 Å². The highest BCUT2D eigenvalue weighted by atomic mass is 19.4. The van der Waals surface area contributed by atoms with Gasteiger partial charge in [-0.25, -0.2) is 4.68 Å². The molecule has 0 unspecified atom stereocenters. The fourth-order valence-corrected chi connectivity index (χ4v) is 3.85. The third-order valence-electron chi connectivity index (χ3n) is 5.62. The maximum atomic E-state index is 13.9. The molecular formula is C23H23F3N4O3. The van der Waals surface area contributed by atoms with Gasteiger partial charge in [0.15, 0.2) is 6.04 Å². The Morgan fingerprint density at radius 3 is 2.52 bits per heavy atom. The average Bonchev–Trinajstić information content (AvgIpc) is 3.22. The molecule has 1 aromatic heterocycles. The molecule has 2 aromatic carbocycles. The van der Waals surface area contributed by atoms with Crippen LogP contribution in [0.25, 0.3) is 0 Å². The van der Waals surface area contributed by atoms with Gasteiger partial charge in [0.1, 0.15) is 22.9 Å². The van der Waals surface area contributed by atoms with Gasteiger partial charge < -0.3 is 20.1 Å². The normalized spacial score (nSPS) is 17.6. The van der Waals surface area contributed by atoms with Gasteiger partial charge in [-0.1, -0.05) is 29.8 Å². The molecule has 0 saturated heterocycles. The molecule has 4 rings (SSSR count). The van der Waals surface area contributed by atoms with Gasteiger partial charge in [0.25, 0.3) is 5.91 Å². The molecule has 2 atom stereocenters. The van der Waals surface area contributed by atoms with Crippen molar-refractivity contribution in [2.24, 2.45) is 0 Å². The molecule has 0 saturated carbocycles. The fourth-order valence-electron chi connectivity index (χ4n) is 3.85. The van der Waals surface area contributed by atoms with Crippen LogP contribution < -0.4 is 20.1 Å². The zero-order valence-corrected chi connectivity index (χ0v) is 18.2. The van der Waals surface area contributed by atoms with Crippen molar-refractivity contribution in [2.45, 2.75) is 31.6 Å². The van der Waals surface area contributed by atoms with E-state index in [9.17, 15) is 18.0 Å². The number of aryl methyl sites for hydroxylation is 1. The van der Waals surface area contributed by atoms with E-state index in [2.05, 4.69) is 15.7 Å². The topological polar surface area (TPSA) is 77.4 Å². The van der Waals surface area contributed by atoms with Crippen LogP contribution in [0.3, 0.4) is 0 Å². The minimum Gasteiger partial charge on any atom is -0.497 e. The number of methoxy groups -OCH3 is 2. The summed E-state index contributed by atoms with van der Waals surface area (Å²) in [6.07, 6.45) is -3.64. The van der Waals surface area contributed by atoms with Crippen molar-refractivity contribution in [1.29, 1.82) is 0 Å². The van der Waals surface area contributed by atoms with Crippen LogP contribution in [0, 0.1) is 6.92 Å². The average molecular weight is 460 g/mol. The number of carbonyl (C=O) groups excluding carboxylic acids is 1. The van der Waals surface area contributed by atoms with Crippen LogP contribution in [0.4, 0.5) is 24.7 Å². The summed E-state index contributed by atoms with van der Waals surface area (Å²) in [5.74, 6) is 0.246. The Hall–Kier alpha value is -3.69. The predicted molar refractivity (Wildman–Crippen MR) is 117 cm³/mol. The highest BCUT2D eigenvalue weighted by Gasteiger charge is 2.47. The van der Waals surface area contributed by atoms with Gasteiger partial charge in [0.2, 0.25) is 0 Å². The smallest absolute Gasteiger partial charge is 0.410 e. The number of amides is 1. The van der Waals surface area contributed by atoms with Crippen molar-refractivity contribution >= 4 is 17.4 Å². The lowest BCUT2D eigenvalue weighted by atomic mass is 9.96. The van der Waals surface area contributed by atoms with Crippen LogP contribution in [0.5, 0.6) is 11.5 Å². The number of nitrogens with one attached hydrogen (secondary N) is 2. The number of aromatic nitrogens is 2. The van der Waals surface area contributed by atoms with Gasteiger partial charge in [0.05, 0.1) is 32.1 Å². The van der Waals surface area contributed by atoms with E-state index >= 15 is 0 Å². The van der Waals surface area contributed by atoms with Crippen LogP contribution in [0.15, 0.2) is 48.7 Å². The summed E-state index contributed by atoms with van der Waals surface area (Å²) in [5.41, 5.74) is 2.01. The summed E-state index contributed by atoms with van der Waals surface area (Å²) < 4.78 is 53.0. The number of hydrogen-bond acceptors (Lipinski definition) is 5. The fraction of sp³-hybridized carbons (Fsp3) is 0.304. The third kappa shape index (κ3) is 4.46. The van der Waals surface area contributed by atoms with Crippen LogP contribution in [0.1, 0.15) is 40.0 Å². The molecule has 0 radical (unpaired) electrons. The number of ether oxygens (including phenoxy) is 2. The Morgan fingerprint density at radius 2 is 1.88 bits per heavy atom. The van der Waals surface area contributed by atoms with Gasteiger partial charge in [-0.15, -0.1) is 0 Å². The lowest BCUT2D eigenvalue weighted by molar-refractivity contribution is -0.173. The number of benzene rings is 2. The van der Waals surface area contributed by atoms with Gasteiger partial charge in [-0.2, -0.15) is 18.3 Å². The molecule has 33 heavy (non-hydrogen) atoms. The Balaban J connectivity index is 1.69. The Kier molecular flexibility index (Phi) is 5.92. The van der Waals surface area contributed by atoms with Crippen molar-refractivity contribution < 1.29 is 27.4 Å². The number of nitrogens with zero attached hydrogens (tertiary/aromatic N) is 2. The molecule has 1 amide bonds. The van der Waals surface area contributed by atoms with Gasteiger partial charge in [0, 0.05) is 12.5 Å². The zero-order chi connectivity index (χ0) is 23.8. The maximum absolute atomic E-state index is 13.9. The van der Waals surface area contributed by atoms with Gasteiger partial charge in [-0.05, 0) is 24.6 Å². The molecule has 1 aliphatic rings. The van der Waals surface area contributed by atoms with E-state index in [1.165, 1.54) is 14.2 Å². The SMILES string of the molecule is COc1ccc(OC)c(NC(=O)c2cnn3c2N[C@@H](c2ccc(C)cc2)C[C@@H]3C(F)(F)F)c1. The first-order valence-electron chi connectivity index (χ1n) is 10.2. The first-order valence-corrected chi connectivity index (χ1v) is 10.2. The molecule has 0 aliphatic carbocycles. The summed E-state index contributed by atoms with van der Waals surface area (Å²) in [6, 6.07) is 9.59. The molecule has 10 heteroatoms. The van der Waals surface area contributed by atoms with Crippen LogP contribution >= 0.6 is 0 Å². The highest BCUT2D eigenvalue weighted by molar-refractivity contribution is 6.08. The molecule has 174 valence electrons. The summed E-state index contributed by atoms with van der Waals surface area (Å²) in [4.78, 5) is 13.1. The first-order chi connectivity index (χ1) is 15.7. The largest absolute Gasteiger partial charge is 0.497 e. The van der Waals surface area contributed by atoms with Gasteiger partial charge >= 0.3 is 6.18 Å². The minimum atomic E-state index is -4.53. The standard InChI is InChI=1S/C23H23F3N4O3/c1-13-4-6-14(7-5-13)17-11-20(23(24,25)26)30-21(28-17)16(12-27-30)22(31)29-18-10-15(32-2)8-9-19(18)33-3/h4-10,12,17,20,28H,11H2,1-3H3,(H,29,31)/t17-,20-/m1/s1. The summed E-state index contributed by atoms with van der Waals surface area (Å²) in [7, 11) is 2.93. The molecule has 0 bridgehead atoms. The molecule has 0 spiro atoms.